The van der Waals surface area contributed by atoms with Gasteiger partial charge in [-0.3, -0.25) is 9.59 Å². The molecular formula is C54H58O8. The first-order valence-corrected chi connectivity index (χ1v) is 22.3. The molecule has 0 aromatic heterocycles. The molecule has 6 rings (SSSR count). The fraction of sp³-hybridized carbons (Fsp3) is 0.444. The number of hydrogen-bond acceptors (Lipinski definition) is 8. The molecule has 3 fully saturated rings. The number of terminal acetylenes is 1. The Morgan fingerprint density at radius 3 is 1.69 bits per heavy atom. The summed E-state index contributed by atoms with van der Waals surface area (Å²) in [4.78, 5) is 50.9. The second kappa shape index (κ2) is 22.2. The topological polar surface area (TPSA) is 105 Å². The van der Waals surface area contributed by atoms with Gasteiger partial charge in [-0.15, -0.1) is 6.42 Å². The highest BCUT2D eigenvalue weighted by atomic mass is 16.6. The monoisotopic (exact) mass is 834 g/mol. The number of benzene rings is 3. The van der Waals surface area contributed by atoms with Crippen molar-refractivity contribution in [3.8, 4) is 41.8 Å². The molecule has 0 N–H and O–H groups in total. The molecule has 0 unspecified atom stereocenters. The molecule has 0 amide bonds. The fourth-order valence-corrected chi connectivity index (χ4v) is 8.65. The van der Waals surface area contributed by atoms with E-state index in [1.807, 2.05) is 48.5 Å². The Labute approximate surface area is 367 Å². The maximum Gasteiger partial charge on any atom is 0.339 e. The predicted octanol–water partition coefficient (Wildman–Crippen LogP) is 10.2. The Morgan fingerprint density at radius 2 is 1.15 bits per heavy atom. The number of hydrogen-bond donors (Lipinski definition) is 0. The van der Waals surface area contributed by atoms with Gasteiger partial charge in [0.2, 0.25) is 0 Å². The highest BCUT2D eigenvalue weighted by Crippen LogP contribution is 2.44. The summed E-state index contributed by atoms with van der Waals surface area (Å²) in [5.41, 5.74) is 3.17. The van der Waals surface area contributed by atoms with Crippen LogP contribution in [-0.2, 0) is 28.6 Å². The Bertz CT molecular complexity index is 2200. The molecule has 3 saturated carbocycles. The van der Waals surface area contributed by atoms with E-state index in [0.717, 1.165) is 41.0 Å². The summed E-state index contributed by atoms with van der Waals surface area (Å²) < 4.78 is 22.6. The number of rotatable bonds is 12. The van der Waals surface area contributed by atoms with Gasteiger partial charge >= 0.3 is 23.9 Å². The number of carbonyl (C=O) groups is 4. The fourth-order valence-electron chi connectivity index (χ4n) is 8.65. The molecule has 3 aliphatic rings. The molecule has 0 radical (unpaired) electrons. The largest absolute Gasteiger partial charge is 0.465 e. The maximum atomic E-state index is 13.8. The van der Waals surface area contributed by atoms with E-state index in [1.54, 1.807) is 31.2 Å². The predicted molar refractivity (Wildman–Crippen MR) is 238 cm³/mol. The Kier molecular flexibility index (Phi) is 16.3. The van der Waals surface area contributed by atoms with Crippen molar-refractivity contribution in [1.29, 1.82) is 0 Å². The lowest BCUT2D eigenvalue weighted by molar-refractivity contribution is -0.152. The van der Waals surface area contributed by atoms with Crippen LogP contribution in [0.1, 0.15) is 136 Å². The first kappa shape index (κ1) is 45.5. The normalized spacial score (nSPS) is 23.1. The van der Waals surface area contributed by atoms with Gasteiger partial charge < -0.3 is 18.9 Å². The van der Waals surface area contributed by atoms with Crippen LogP contribution >= 0.6 is 0 Å². The van der Waals surface area contributed by atoms with Crippen LogP contribution in [-0.4, -0.2) is 42.7 Å². The SMILES string of the molecule is C#Cc1ccc(C#Cc2ccc(C#CC3(OC(=O)c4ccc(OC(=O)C5CCC(C(=O)OCCCCOC(=O)C(=C)C)CC5)cc4)CCC(C4CCC(C)CC4)CC3)cc2)cc1. The van der Waals surface area contributed by atoms with Crippen LogP contribution in [0.4, 0.5) is 0 Å². The summed E-state index contributed by atoms with van der Waals surface area (Å²) in [6.45, 7) is 7.99. The number of ether oxygens (including phenoxy) is 4. The summed E-state index contributed by atoms with van der Waals surface area (Å²) in [6.07, 6.45) is 17.1. The van der Waals surface area contributed by atoms with Gasteiger partial charge in [0.15, 0.2) is 5.60 Å². The van der Waals surface area contributed by atoms with Crippen LogP contribution in [0.5, 0.6) is 5.75 Å². The highest BCUT2D eigenvalue weighted by Gasteiger charge is 2.40. The van der Waals surface area contributed by atoms with Crippen molar-refractivity contribution in [2.75, 3.05) is 13.2 Å². The molecule has 8 nitrogen and oxygen atoms in total. The van der Waals surface area contributed by atoms with Crippen molar-refractivity contribution in [3.05, 3.63) is 113 Å². The summed E-state index contributed by atoms with van der Waals surface area (Å²) in [5.74, 6) is 16.1. The maximum absolute atomic E-state index is 13.8. The molecule has 0 heterocycles. The second-order valence-corrected chi connectivity index (χ2v) is 17.3. The summed E-state index contributed by atoms with van der Waals surface area (Å²) in [7, 11) is 0. The van der Waals surface area contributed by atoms with E-state index in [4.69, 9.17) is 25.4 Å². The molecule has 322 valence electrons. The summed E-state index contributed by atoms with van der Waals surface area (Å²) in [6, 6.07) is 21.8. The standard InChI is InChI=1S/C54H58O8/c1-5-40-10-12-41(13-11-40)14-15-42-16-18-43(19-17-42)30-33-54(34-31-45(32-35-54)44-20-8-39(4)9-21-44)62-53(58)48-26-28-49(29-27-48)61-52(57)47-24-22-46(23-25-47)51(56)60-37-7-6-36-59-50(55)38(2)3/h1,10-13,16-19,26-29,39,44-47H,2,6-9,20-25,31-32,34-37H2,3-4H3. The molecule has 0 bridgehead atoms. The van der Waals surface area contributed by atoms with Crippen LogP contribution in [0.25, 0.3) is 0 Å². The smallest absolute Gasteiger partial charge is 0.339 e. The first-order chi connectivity index (χ1) is 30.0. The van der Waals surface area contributed by atoms with Gasteiger partial charge in [0, 0.05) is 27.8 Å². The van der Waals surface area contributed by atoms with E-state index in [9.17, 15) is 19.2 Å². The summed E-state index contributed by atoms with van der Waals surface area (Å²) in [5, 5.41) is 0. The average Bonchev–Trinajstić information content (AvgIpc) is 3.30. The molecule has 0 spiro atoms. The second-order valence-electron chi connectivity index (χ2n) is 17.3. The zero-order chi connectivity index (χ0) is 43.9. The molecule has 62 heavy (non-hydrogen) atoms. The minimum atomic E-state index is -0.920. The van der Waals surface area contributed by atoms with E-state index in [-0.39, 0.29) is 37.0 Å². The van der Waals surface area contributed by atoms with Crippen LogP contribution < -0.4 is 4.74 Å². The van der Waals surface area contributed by atoms with Crippen molar-refractivity contribution in [2.45, 2.75) is 109 Å². The van der Waals surface area contributed by atoms with Gasteiger partial charge in [-0.1, -0.05) is 50.0 Å². The lowest BCUT2D eigenvalue weighted by Crippen LogP contribution is -2.39. The van der Waals surface area contributed by atoms with Gasteiger partial charge in [0.1, 0.15) is 5.75 Å². The van der Waals surface area contributed by atoms with E-state index in [1.165, 1.54) is 25.7 Å². The average molecular weight is 835 g/mol. The van der Waals surface area contributed by atoms with E-state index in [0.29, 0.717) is 80.1 Å². The number of esters is 4. The molecule has 3 aromatic carbocycles. The van der Waals surface area contributed by atoms with Gasteiger partial charge in [-0.05, 0) is 180 Å². The highest BCUT2D eigenvalue weighted by molar-refractivity contribution is 5.90. The lowest BCUT2D eigenvalue weighted by Gasteiger charge is -2.40. The quantitative estimate of drug-likeness (QED) is 0.0444. The Hall–Kier alpha value is -6.04. The van der Waals surface area contributed by atoms with Crippen LogP contribution in [0.15, 0.2) is 84.9 Å². The van der Waals surface area contributed by atoms with Crippen LogP contribution in [0.2, 0.25) is 0 Å². The van der Waals surface area contributed by atoms with E-state index < -0.39 is 17.5 Å². The van der Waals surface area contributed by atoms with Crippen molar-refractivity contribution in [1.82, 2.24) is 0 Å². The molecule has 0 saturated heterocycles. The molecule has 0 atom stereocenters. The van der Waals surface area contributed by atoms with E-state index >= 15 is 0 Å². The Morgan fingerprint density at radius 1 is 0.645 bits per heavy atom. The van der Waals surface area contributed by atoms with E-state index in [2.05, 4.69) is 43.1 Å². The molecule has 0 aliphatic heterocycles. The molecular weight excluding hydrogens is 777 g/mol. The van der Waals surface area contributed by atoms with Crippen molar-refractivity contribution in [3.63, 3.8) is 0 Å². The third-order valence-electron chi connectivity index (χ3n) is 12.6. The minimum absolute atomic E-state index is 0.250. The lowest BCUT2D eigenvalue weighted by atomic mass is 9.68. The van der Waals surface area contributed by atoms with Crippen LogP contribution in [0.3, 0.4) is 0 Å². The third kappa shape index (κ3) is 13.2. The zero-order valence-corrected chi connectivity index (χ0v) is 36.2. The minimum Gasteiger partial charge on any atom is -0.465 e. The van der Waals surface area contributed by atoms with Gasteiger partial charge in [-0.2, -0.15) is 0 Å². The third-order valence-corrected chi connectivity index (χ3v) is 12.6. The first-order valence-electron chi connectivity index (χ1n) is 22.3. The van der Waals surface area contributed by atoms with Crippen LogP contribution in [0, 0.1) is 65.6 Å². The van der Waals surface area contributed by atoms with Crippen molar-refractivity contribution in [2.24, 2.45) is 29.6 Å². The number of carbonyl (C=O) groups excluding carboxylic acids is 4. The molecule has 3 aromatic rings. The molecule has 8 heteroatoms. The van der Waals surface area contributed by atoms with Gasteiger partial charge in [0.25, 0.3) is 0 Å². The van der Waals surface area contributed by atoms with Crippen molar-refractivity contribution < 1.29 is 38.1 Å². The molecule has 3 aliphatic carbocycles. The Balaban J connectivity index is 1.02. The summed E-state index contributed by atoms with van der Waals surface area (Å²) >= 11 is 0. The number of unbranched alkanes of at least 4 members (excludes halogenated alkanes) is 1. The van der Waals surface area contributed by atoms with Crippen molar-refractivity contribution >= 4 is 23.9 Å². The van der Waals surface area contributed by atoms with Gasteiger partial charge in [0.05, 0.1) is 30.6 Å². The zero-order valence-electron chi connectivity index (χ0n) is 36.2. The van der Waals surface area contributed by atoms with Gasteiger partial charge in [-0.25, -0.2) is 9.59 Å².